The predicted molar refractivity (Wildman–Crippen MR) is 155 cm³/mol. The lowest BCUT2D eigenvalue weighted by Crippen LogP contribution is -2.50. The minimum Gasteiger partial charge on any atom is -0.454 e. The molecule has 10 nitrogen and oxygen atoms in total. The van der Waals surface area contributed by atoms with Crippen molar-refractivity contribution in [1.82, 2.24) is 19.8 Å². The van der Waals surface area contributed by atoms with E-state index < -0.39 is 0 Å². The highest BCUT2D eigenvalue weighted by Crippen LogP contribution is 2.32. The minimum absolute atomic E-state index is 0.0137. The van der Waals surface area contributed by atoms with Gasteiger partial charge in [0.05, 0.1) is 0 Å². The molecule has 0 amide bonds. The number of rotatable bonds is 5. The van der Waals surface area contributed by atoms with E-state index in [1.165, 1.54) is 5.56 Å². The smallest absolute Gasteiger partial charge is 0.231 e. The molecule has 3 heterocycles. The average Bonchev–Trinajstić information content (AvgIpc) is 3.36. The number of carbonyl (C=O) groups is 1. The van der Waals surface area contributed by atoms with E-state index in [0.717, 1.165) is 61.3 Å². The van der Waals surface area contributed by atoms with Gasteiger partial charge in [0.15, 0.2) is 17.3 Å². The Labute approximate surface area is 233 Å². The van der Waals surface area contributed by atoms with Crippen molar-refractivity contribution in [2.24, 2.45) is 4.99 Å². The van der Waals surface area contributed by atoms with Crippen LogP contribution in [0.2, 0.25) is 0 Å². The maximum Gasteiger partial charge on any atom is 0.231 e. The summed E-state index contributed by atoms with van der Waals surface area (Å²) in [5.41, 5.74) is 4.31. The number of aromatic nitrogens is 2. The molecule has 2 aliphatic heterocycles. The molecule has 0 saturated carbocycles. The molecule has 11 heteroatoms. The number of hydrogen-bond donors (Lipinski definition) is 2. The van der Waals surface area contributed by atoms with Crippen LogP contribution in [0.3, 0.4) is 0 Å². The van der Waals surface area contributed by atoms with Gasteiger partial charge in [-0.3, -0.25) is 15.0 Å². The van der Waals surface area contributed by atoms with Crippen LogP contribution in [0.15, 0.2) is 53.5 Å². The van der Waals surface area contributed by atoms with E-state index in [9.17, 15) is 4.79 Å². The van der Waals surface area contributed by atoms with Crippen molar-refractivity contribution in [3.8, 4) is 11.5 Å². The van der Waals surface area contributed by atoms with Crippen molar-refractivity contribution in [2.75, 3.05) is 43.6 Å². The molecule has 0 bridgehead atoms. The van der Waals surface area contributed by atoms with E-state index >= 15 is 0 Å². The number of thiocarbonyl (C=S) groups is 1. The van der Waals surface area contributed by atoms with Gasteiger partial charge in [-0.25, -0.2) is 9.97 Å². The predicted octanol–water partition coefficient (Wildman–Crippen LogP) is 4.01. The lowest BCUT2D eigenvalue weighted by molar-refractivity contribution is 0.101. The zero-order valence-corrected chi connectivity index (χ0v) is 23.0. The summed E-state index contributed by atoms with van der Waals surface area (Å²) in [6, 6.07) is 15.2. The van der Waals surface area contributed by atoms with E-state index in [4.69, 9.17) is 26.7 Å². The van der Waals surface area contributed by atoms with Crippen LogP contribution < -0.4 is 20.1 Å². The molecule has 0 radical (unpaired) electrons. The number of piperazine rings is 1. The molecule has 0 unspecified atom stereocenters. The molecular weight excluding hydrogens is 514 g/mol. The van der Waals surface area contributed by atoms with E-state index in [2.05, 4.69) is 36.5 Å². The molecule has 1 fully saturated rings. The van der Waals surface area contributed by atoms with Gasteiger partial charge >= 0.3 is 0 Å². The Morgan fingerprint density at radius 2 is 1.64 bits per heavy atom. The summed E-state index contributed by atoms with van der Waals surface area (Å²) in [5.74, 6) is 2.67. The second-order valence-corrected chi connectivity index (χ2v) is 9.94. The molecule has 0 spiro atoms. The van der Waals surface area contributed by atoms with Crippen LogP contribution in [0.25, 0.3) is 0 Å². The van der Waals surface area contributed by atoms with Crippen LogP contribution in [0.4, 0.5) is 11.6 Å². The number of nitrogens with zero attached hydrogens (tertiary/aromatic N) is 5. The number of hydrogen-bond acceptors (Lipinski definition) is 7. The summed E-state index contributed by atoms with van der Waals surface area (Å²) in [4.78, 5) is 29.9. The molecule has 3 aromatic rings. The number of fused-ring (bicyclic) bond motifs is 1. The topological polar surface area (TPSA) is 104 Å². The van der Waals surface area contributed by atoms with E-state index in [1.54, 1.807) is 19.1 Å². The molecule has 1 saturated heterocycles. The molecule has 2 aromatic carbocycles. The summed E-state index contributed by atoms with van der Waals surface area (Å²) in [6.07, 6.45) is 0. The highest BCUT2D eigenvalue weighted by atomic mass is 32.1. The number of benzene rings is 2. The monoisotopic (exact) mass is 545 g/mol. The number of guanidine groups is 1. The fourth-order valence-corrected chi connectivity index (χ4v) is 4.72. The zero-order valence-electron chi connectivity index (χ0n) is 22.2. The zero-order chi connectivity index (χ0) is 27.4. The molecule has 5 rings (SSSR count). The SMILES string of the molecule is CC(=O)c1ccc(NC(=S)/N=C(/Nc2nc(C)cc(C)n2)N2CCN(Cc3ccc4c(c3)OCO4)CC2)cc1. The summed E-state index contributed by atoms with van der Waals surface area (Å²) in [5, 5.41) is 6.73. The second-order valence-electron chi connectivity index (χ2n) is 9.55. The summed E-state index contributed by atoms with van der Waals surface area (Å²) in [7, 11) is 0. The summed E-state index contributed by atoms with van der Waals surface area (Å²) in [6.45, 7) is 9.68. The van der Waals surface area contributed by atoms with Crippen molar-refractivity contribution in [3.05, 3.63) is 71.0 Å². The van der Waals surface area contributed by atoms with Gasteiger partial charge in [-0.15, -0.1) is 0 Å². The van der Waals surface area contributed by atoms with Crippen molar-refractivity contribution < 1.29 is 14.3 Å². The Kier molecular flexibility index (Phi) is 7.99. The number of ketones is 1. The maximum atomic E-state index is 11.6. The number of nitrogens with one attached hydrogen (secondary N) is 2. The number of aliphatic imine (C=N–C) groups is 1. The summed E-state index contributed by atoms with van der Waals surface area (Å²) < 4.78 is 11.0. The van der Waals surface area contributed by atoms with Crippen molar-refractivity contribution in [2.45, 2.75) is 27.3 Å². The first-order chi connectivity index (χ1) is 18.8. The lowest BCUT2D eigenvalue weighted by atomic mass is 10.1. The van der Waals surface area contributed by atoms with Gasteiger partial charge in [0, 0.05) is 55.4 Å². The third-order valence-electron chi connectivity index (χ3n) is 6.47. The Balaban J connectivity index is 1.28. The Morgan fingerprint density at radius 1 is 0.949 bits per heavy atom. The van der Waals surface area contributed by atoms with Gasteiger partial charge in [0.25, 0.3) is 0 Å². The van der Waals surface area contributed by atoms with Gasteiger partial charge in [-0.1, -0.05) is 6.07 Å². The standard InChI is InChI=1S/C28H31N7O3S/c1-18-14-19(2)30-26(29-18)32-27(33-28(39)31-23-7-5-22(6-8-23)20(3)36)35-12-10-34(11-13-35)16-21-4-9-24-25(15-21)38-17-37-24/h4-9,14-15H,10-13,16-17H2,1-3H3,(H2,29,30,31,32,33,39). The number of ether oxygens (including phenoxy) is 2. The molecule has 0 atom stereocenters. The van der Waals surface area contributed by atoms with Crippen LogP contribution in [-0.4, -0.2) is 69.6 Å². The van der Waals surface area contributed by atoms with Gasteiger partial charge in [-0.05, 0) is 81.0 Å². The number of carbonyl (C=O) groups excluding carboxylic acids is 1. The average molecular weight is 546 g/mol. The third kappa shape index (κ3) is 6.87. The van der Waals surface area contributed by atoms with Crippen LogP contribution in [0.5, 0.6) is 11.5 Å². The van der Waals surface area contributed by atoms with Crippen molar-refractivity contribution >= 4 is 40.7 Å². The van der Waals surface area contributed by atoms with Crippen LogP contribution in [0.1, 0.15) is 34.2 Å². The highest BCUT2D eigenvalue weighted by Gasteiger charge is 2.22. The lowest BCUT2D eigenvalue weighted by Gasteiger charge is -2.36. The van der Waals surface area contributed by atoms with E-state index in [0.29, 0.717) is 22.6 Å². The van der Waals surface area contributed by atoms with E-state index in [1.807, 2.05) is 44.2 Å². The van der Waals surface area contributed by atoms with Crippen molar-refractivity contribution in [3.63, 3.8) is 0 Å². The van der Waals surface area contributed by atoms with Crippen LogP contribution >= 0.6 is 12.2 Å². The first-order valence-electron chi connectivity index (χ1n) is 12.8. The van der Waals surface area contributed by atoms with Gasteiger partial charge in [0.2, 0.25) is 23.8 Å². The summed E-state index contributed by atoms with van der Waals surface area (Å²) >= 11 is 5.58. The van der Waals surface area contributed by atoms with Crippen LogP contribution in [-0.2, 0) is 6.54 Å². The van der Waals surface area contributed by atoms with Crippen LogP contribution in [0, 0.1) is 13.8 Å². The quantitative estimate of drug-likeness (QED) is 0.212. The minimum atomic E-state index is 0.0137. The molecule has 2 N–H and O–H groups in total. The normalized spacial score (nSPS) is 15.3. The molecule has 0 aliphatic carbocycles. The largest absolute Gasteiger partial charge is 0.454 e. The van der Waals surface area contributed by atoms with Gasteiger partial charge in [0.1, 0.15) is 0 Å². The van der Waals surface area contributed by atoms with E-state index in [-0.39, 0.29) is 12.6 Å². The number of aryl methyl sites for hydroxylation is 2. The molecule has 202 valence electrons. The molecule has 1 aromatic heterocycles. The fraction of sp³-hybridized carbons (Fsp3) is 0.321. The molecule has 2 aliphatic rings. The number of anilines is 2. The fourth-order valence-electron chi connectivity index (χ4n) is 4.51. The van der Waals surface area contributed by atoms with Crippen molar-refractivity contribution in [1.29, 1.82) is 0 Å². The Morgan fingerprint density at radius 3 is 2.33 bits per heavy atom. The molecular formula is C28H31N7O3S. The third-order valence-corrected chi connectivity index (χ3v) is 6.66. The molecule has 39 heavy (non-hydrogen) atoms. The number of Topliss-reactive ketones (excluding diaryl/α,β-unsaturated/α-hetero) is 1. The first kappa shape index (κ1) is 26.5. The van der Waals surface area contributed by atoms with Gasteiger partial charge in [-0.2, -0.15) is 4.99 Å². The maximum absolute atomic E-state index is 11.6. The van der Waals surface area contributed by atoms with Gasteiger partial charge < -0.3 is 19.7 Å². The second kappa shape index (κ2) is 11.7. The first-order valence-corrected chi connectivity index (χ1v) is 13.2. The highest BCUT2D eigenvalue weighted by molar-refractivity contribution is 7.80. The Hall–Kier alpha value is -4.09. The Bertz CT molecular complexity index is 1380.